The predicted molar refractivity (Wildman–Crippen MR) is 61.6 cm³/mol. The highest BCUT2D eigenvalue weighted by Crippen LogP contribution is 2.09. The van der Waals surface area contributed by atoms with Gasteiger partial charge < -0.3 is 15.4 Å². The Balaban J connectivity index is 2.85. The highest BCUT2D eigenvalue weighted by molar-refractivity contribution is 5.92. The molecule has 0 aliphatic rings. The number of carbonyl (C=O) groups excluding carboxylic acids is 1. The Morgan fingerprint density at radius 1 is 1.41 bits per heavy atom. The van der Waals surface area contributed by atoms with E-state index in [1.54, 1.807) is 24.3 Å². The van der Waals surface area contributed by atoms with E-state index in [2.05, 4.69) is 4.98 Å². The van der Waals surface area contributed by atoms with E-state index in [0.717, 1.165) is 0 Å². The largest absolute Gasteiger partial charge is 0.395 e. The molecule has 17 heavy (non-hydrogen) atoms. The second-order valence-corrected chi connectivity index (χ2v) is 3.49. The zero-order chi connectivity index (χ0) is 12.4. The summed E-state index contributed by atoms with van der Waals surface area (Å²) in [6.45, 7) is -0.103. The molecule has 0 bridgehead atoms. The van der Waals surface area contributed by atoms with Gasteiger partial charge in [0.2, 0.25) is 0 Å². The molecule has 0 aliphatic carbocycles. The van der Waals surface area contributed by atoms with Gasteiger partial charge >= 0.3 is 0 Å². The molecule has 0 spiro atoms. The van der Waals surface area contributed by atoms with Gasteiger partial charge in [-0.15, -0.1) is 0 Å². The van der Waals surface area contributed by atoms with Gasteiger partial charge in [0, 0.05) is 6.54 Å². The number of primary amides is 1. The lowest BCUT2D eigenvalue weighted by Gasteiger charge is -2.09. The summed E-state index contributed by atoms with van der Waals surface area (Å²) in [6.07, 6.45) is 0. The molecular weight excluding hydrogens is 222 g/mol. The Kier molecular flexibility index (Phi) is 2.88. The van der Waals surface area contributed by atoms with Gasteiger partial charge in [-0.05, 0) is 12.1 Å². The molecule has 2 aromatic rings. The van der Waals surface area contributed by atoms with Crippen LogP contribution >= 0.6 is 0 Å². The summed E-state index contributed by atoms with van der Waals surface area (Å²) < 4.78 is 1.29. The number of fused-ring (bicyclic) bond motifs is 1. The van der Waals surface area contributed by atoms with Crippen LogP contribution in [0.5, 0.6) is 0 Å². The van der Waals surface area contributed by atoms with Gasteiger partial charge in [0.15, 0.2) is 5.69 Å². The fourth-order valence-corrected chi connectivity index (χ4v) is 1.67. The van der Waals surface area contributed by atoms with Crippen molar-refractivity contribution in [2.75, 3.05) is 6.61 Å². The number of benzene rings is 1. The Bertz CT molecular complexity index is 633. The summed E-state index contributed by atoms with van der Waals surface area (Å²) in [5.74, 6) is -0.868. The van der Waals surface area contributed by atoms with Crippen molar-refractivity contribution in [1.29, 1.82) is 0 Å². The maximum absolute atomic E-state index is 11.9. The minimum atomic E-state index is -0.868. The molecule has 0 radical (unpaired) electrons. The number of rotatable bonds is 3. The Morgan fingerprint density at radius 2 is 2.12 bits per heavy atom. The highest BCUT2D eigenvalue weighted by Gasteiger charge is 2.14. The quantitative estimate of drug-likeness (QED) is 0.745. The van der Waals surface area contributed by atoms with Crippen molar-refractivity contribution in [2.24, 2.45) is 5.73 Å². The van der Waals surface area contributed by atoms with Crippen molar-refractivity contribution in [3.8, 4) is 0 Å². The molecule has 0 saturated heterocycles. The first-order valence-electron chi connectivity index (χ1n) is 5.05. The third kappa shape index (κ3) is 1.90. The fraction of sp³-hybridized carbons (Fsp3) is 0.182. The van der Waals surface area contributed by atoms with E-state index < -0.39 is 11.5 Å². The number of hydrogen-bond acceptors (Lipinski definition) is 4. The number of nitrogens with two attached hydrogens (primary N) is 1. The monoisotopic (exact) mass is 233 g/mol. The van der Waals surface area contributed by atoms with Crippen molar-refractivity contribution in [3.05, 3.63) is 40.3 Å². The van der Waals surface area contributed by atoms with Gasteiger partial charge in [-0.3, -0.25) is 9.59 Å². The SMILES string of the molecule is NC(=O)c1nc2ccccc2n(CCO)c1=O. The fourth-order valence-electron chi connectivity index (χ4n) is 1.67. The van der Waals surface area contributed by atoms with Crippen LogP contribution in [0.2, 0.25) is 0 Å². The molecule has 88 valence electrons. The third-order valence-corrected chi connectivity index (χ3v) is 2.41. The molecule has 1 heterocycles. The smallest absolute Gasteiger partial charge is 0.282 e. The van der Waals surface area contributed by atoms with E-state index in [1.807, 2.05) is 0 Å². The van der Waals surface area contributed by atoms with Crippen molar-refractivity contribution in [2.45, 2.75) is 6.54 Å². The van der Waals surface area contributed by atoms with Gasteiger partial charge in [-0.1, -0.05) is 12.1 Å². The number of hydrogen-bond donors (Lipinski definition) is 2. The average molecular weight is 233 g/mol. The molecule has 0 aliphatic heterocycles. The first-order valence-corrected chi connectivity index (χ1v) is 5.05. The first kappa shape index (κ1) is 11.3. The summed E-state index contributed by atoms with van der Waals surface area (Å²) in [5.41, 5.74) is 5.27. The third-order valence-electron chi connectivity index (χ3n) is 2.41. The second kappa shape index (κ2) is 4.34. The standard InChI is InChI=1S/C11H11N3O3/c12-10(16)9-11(17)14(5-6-15)8-4-2-1-3-7(8)13-9/h1-4,15H,5-6H2,(H2,12,16). The lowest BCUT2D eigenvalue weighted by Crippen LogP contribution is -2.32. The molecule has 6 nitrogen and oxygen atoms in total. The van der Waals surface area contributed by atoms with E-state index in [0.29, 0.717) is 11.0 Å². The van der Waals surface area contributed by atoms with Gasteiger partial charge in [-0.2, -0.15) is 0 Å². The van der Waals surface area contributed by atoms with Gasteiger partial charge in [-0.25, -0.2) is 4.98 Å². The first-order chi connectivity index (χ1) is 8.15. The molecule has 6 heteroatoms. The minimum absolute atomic E-state index is 0.0994. The van der Waals surface area contributed by atoms with E-state index in [9.17, 15) is 9.59 Å². The minimum Gasteiger partial charge on any atom is -0.395 e. The molecule has 2 rings (SSSR count). The van der Waals surface area contributed by atoms with E-state index in [-0.39, 0.29) is 18.8 Å². The van der Waals surface area contributed by atoms with Crippen molar-refractivity contribution < 1.29 is 9.90 Å². The maximum atomic E-state index is 11.9. The van der Waals surface area contributed by atoms with Gasteiger partial charge in [0.25, 0.3) is 11.5 Å². The average Bonchev–Trinajstić information content (AvgIpc) is 2.32. The Labute approximate surface area is 96.3 Å². The molecular formula is C11H11N3O3. The lowest BCUT2D eigenvalue weighted by atomic mass is 10.2. The molecule has 0 atom stereocenters. The summed E-state index contributed by atoms with van der Waals surface area (Å²) in [4.78, 5) is 26.9. The zero-order valence-corrected chi connectivity index (χ0v) is 8.96. The Hall–Kier alpha value is -2.21. The van der Waals surface area contributed by atoms with Crippen LogP contribution in [0, 0.1) is 0 Å². The summed E-state index contributed by atoms with van der Waals surface area (Å²) in [6, 6.07) is 6.87. The predicted octanol–water partition coefficient (Wildman–Crippen LogP) is -0.512. The molecule has 1 aromatic carbocycles. The number of nitrogens with zero attached hydrogens (tertiary/aromatic N) is 2. The van der Waals surface area contributed by atoms with E-state index in [1.165, 1.54) is 4.57 Å². The van der Waals surface area contributed by atoms with Gasteiger partial charge in [0.05, 0.1) is 17.6 Å². The van der Waals surface area contributed by atoms with Crippen LogP contribution in [0.4, 0.5) is 0 Å². The molecule has 3 N–H and O–H groups in total. The molecule has 0 unspecified atom stereocenters. The molecule has 1 amide bonds. The van der Waals surface area contributed by atoms with Crippen LogP contribution in [-0.2, 0) is 6.54 Å². The number of aromatic nitrogens is 2. The topological polar surface area (TPSA) is 98.2 Å². The van der Waals surface area contributed by atoms with E-state index in [4.69, 9.17) is 10.8 Å². The van der Waals surface area contributed by atoms with Crippen LogP contribution in [-0.4, -0.2) is 27.2 Å². The lowest BCUT2D eigenvalue weighted by molar-refractivity contribution is 0.0993. The number of carbonyl (C=O) groups is 1. The summed E-state index contributed by atoms with van der Waals surface area (Å²) >= 11 is 0. The molecule has 0 fully saturated rings. The zero-order valence-electron chi connectivity index (χ0n) is 8.96. The second-order valence-electron chi connectivity index (χ2n) is 3.49. The normalized spacial score (nSPS) is 10.6. The van der Waals surface area contributed by atoms with Crippen molar-refractivity contribution in [3.63, 3.8) is 0 Å². The van der Waals surface area contributed by atoms with Crippen molar-refractivity contribution >= 4 is 16.9 Å². The number of amides is 1. The van der Waals surface area contributed by atoms with Crippen LogP contribution in [0.3, 0.4) is 0 Å². The van der Waals surface area contributed by atoms with Crippen molar-refractivity contribution in [1.82, 2.24) is 9.55 Å². The van der Waals surface area contributed by atoms with E-state index >= 15 is 0 Å². The number of aliphatic hydroxyl groups is 1. The maximum Gasteiger partial charge on any atom is 0.282 e. The molecule has 0 saturated carbocycles. The van der Waals surface area contributed by atoms with Crippen LogP contribution in [0.15, 0.2) is 29.1 Å². The van der Waals surface area contributed by atoms with Crippen LogP contribution in [0.1, 0.15) is 10.5 Å². The summed E-state index contributed by atoms with van der Waals surface area (Å²) in [7, 11) is 0. The van der Waals surface area contributed by atoms with Gasteiger partial charge in [0.1, 0.15) is 0 Å². The summed E-state index contributed by atoms with van der Waals surface area (Å²) in [5, 5.41) is 8.94. The number of para-hydroxylation sites is 2. The molecule has 1 aromatic heterocycles. The van der Waals surface area contributed by atoms with Crippen LogP contribution in [0.25, 0.3) is 11.0 Å². The Morgan fingerprint density at radius 3 is 2.76 bits per heavy atom. The van der Waals surface area contributed by atoms with Crippen LogP contribution < -0.4 is 11.3 Å². The highest BCUT2D eigenvalue weighted by atomic mass is 16.3. The number of aliphatic hydroxyl groups excluding tert-OH is 1.